The van der Waals surface area contributed by atoms with Crippen molar-refractivity contribution < 1.29 is 0 Å². The lowest BCUT2D eigenvalue weighted by atomic mass is 10.1. The minimum Gasteiger partial charge on any atom is -0.306 e. The van der Waals surface area contributed by atoms with E-state index in [1.54, 1.807) is 0 Å². The molecule has 0 aliphatic rings. The molecular weight excluding hydrogens is 345 g/mol. The summed E-state index contributed by atoms with van der Waals surface area (Å²) < 4.78 is 1.09. The first-order valence-corrected chi connectivity index (χ1v) is 7.54. The first kappa shape index (κ1) is 14.9. The van der Waals surface area contributed by atoms with E-state index in [1.165, 1.54) is 5.56 Å². The van der Waals surface area contributed by atoms with Gasteiger partial charge in [-0.15, -0.1) is 0 Å². The molecule has 2 aromatic rings. The van der Waals surface area contributed by atoms with Crippen LogP contribution in [0.3, 0.4) is 0 Å². The molecule has 0 radical (unpaired) electrons. The largest absolute Gasteiger partial charge is 0.306 e. The lowest BCUT2D eigenvalue weighted by Gasteiger charge is -2.15. The molecule has 0 fully saturated rings. The predicted octanol–water partition coefficient (Wildman–Crippen LogP) is 5.61. The maximum atomic E-state index is 6.00. The molecular formula is C15H14BrCl2N. The maximum absolute atomic E-state index is 6.00. The molecule has 4 heteroatoms. The maximum Gasteiger partial charge on any atom is 0.0595 e. The molecule has 19 heavy (non-hydrogen) atoms. The van der Waals surface area contributed by atoms with Crippen molar-refractivity contribution in [2.24, 2.45) is 0 Å². The monoisotopic (exact) mass is 357 g/mol. The molecule has 0 spiro atoms. The highest BCUT2D eigenvalue weighted by Gasteiger charge is 2.06. The van der Waals surface area contributed by atoms with Crippen molar-refractivity contribution in [1.82, 2.24) is 5.32 Å². The average Bonchev–Trinajstić information content (AvgIpc) is 2.40. The molecule has 1 atom stereocenters. The van der Waals surface area contributed by atoms with Crippen LogP contribution in [0.15, 0.2) is 46.9 Å². The van der Waals surface area contributed by atoms with Gasteiger partial charge in [0.2, 0.25) is 0 Å². The molecule has 0 aromatic heterocycles. The second-order valence-corrected chi connectivity index (χ2v) is 6.14. The van der Waals surface area contributed by atoms with Gasteiger partial charge in [-0.1, -0.05) is 57.3 Å². The van der Waals surface area contributed by atoms with Gasteiger partial charge in [-0.25, -0.2) is 0 Å². The van der Waals surface area contributed by atoms with Crippen LogP contribution in [-0.2, 0) is 6.54 Å². The smallest absolute Gasteiger partial charge is 0.0595 e. The zero-order valence-corrected chi connectivity index (χ0v) is 13.6. The Hall–Kier alpha value is -0.540. The Morgan fingerprint density at radius 1 is 1.11 bits per heavy atom. The molecule has 1 N–H and O–H groups in total. The lowest BCUT2D eigenvalue weighted by Crippen LogP contribution is -2.18. The van der Waals surface area contributed by atoms with Crippen LogP contribution in [0.2, 0.25) is 10.0 Å². The number of rotatable bonds is 4. The standard InChI is InChI=1S/C15H14BrCl2N/c1-10(12-3-2-4-13(16)8-12)19-9-11-5-6-14(17)15(18)7-11/h2-8,10,19H,9H2,1H3/t10-/m0/s1. The van der Waals surface area contributed by atoms with Gasteiger partial charge in [0, 0.05) is 17.1 Å². The van der Waals surface area contributed by atoms with Gasteiger partial charge in [-0.2, -0.15) is 0 Å². The van der Waals surface area contributed by atoms with E-state index >= 15 is 0 Å². The van der Waals surface area contributed by atoms with Gasteiger partial charge in [0.05, 0.1) is 10.0 Å². The van der Waals surface area contributed by atoms with Crippen molar-refractivity contribution in [3.8, 4) is 0 Å². The van der Waals surface area contributed by atoms with Gasteiger partial charge in [0.25, 0.3) is 0 Å². The third-order valence-corrected chi connectivity index (χ3v) is 4.18. The summed E-state index contributed by atoms with van der Waals surface area (Å²) in [6.07, 6.45) is 0. The van der Waals surface area contributed by atoms with Gasteiger partial charge in [0.1, 0.15) is 0 Å². The summed E-state index contributed by atoms with van der Waals surface area (Å²) in [4.78, 5) is 0. The summed E-state index contributed by atoms with van der Waals surface area (Å²) in [5, 5.41) is 4.65. The third kappa shape index (κ3) is 4.22. The Labute approximate surface area is 132 Å². The molecule has 0 saturated carbocycles. The minimum absolute atomic E-state index is 0.270. The van der Waals surface area contributed by atoms with E-state index in [4.69, 9.17) is 23.2 Å². The number of hydrogen-bond acceptors (Lipinski definition) is 1. The van der Waals surface area contributed by atoms with Crippen molar-refractivity contribution in [2.45, 2.75) is 19.5 Å². The molecule has 0 aliphatic carbocycles. The van der Waals surface area contributed by atoms with E-state index in [0.29, 0.717) is 10.0 Å². The first-order valence-electron chi connectivity index (χ1n) is 5.99. The molecule has 0 unspecified atom stereocenters. The molecule has 0 saturated heterocycles. The van der Waals surface area contributed by atoms with Crippen LogP contribution < -0.4 is 5.32 Å². The van der Waals surface area contributed by atoms with Gasteiger partial charge in [-0.3, -0.25) is 0 Å². The Morgan fingerprint density at radius 3 is 2.58 bits per heavy atom. The van der Waals surface area contributed by atoms with Crippen LogP contribution in [0.4, 0.5) is 0 Å². The van der Waals surface area contributed by atoms with Crippen LogP contribution in [-0.4, -0.2) is 0 Å². The Balaban J connectivity index is 2.00. The Bertz CT molecular complexity index is 572. The zero-order valence-electron chi connectivity index (χ0n) is 10.5. The molecule has 0 amide bonds. The SMILES string of the molecule is C[C@H](NCc1ccc(Cl)c(Cl)c1)c1cccc(Br)c1. The molecule has 2 aromatic carbocycles. The summed E-state index contributed by atoms with van der Waals surface area (Å²) in [7, 11) is 0. The molecule has 0 heterocycles. The lowest BCUT2D eigenvalue weighted by molar-refractivity contribution is 0.574. The second kappa shape index (κ2) is 6.76. The van der Waals surface area contributed by atoms with E-state index in [-0.39, 0.29) is 6.04 Å². The average molecular weight is 359 g/mol. The van der Waals surface area contributed by atoms with Crippen molar-refractivity contribution >= 4 is 39.1 Å². The second-order valence-electron chi connectivity index (χ2n) is 4.41. The summed E-state index contributed by atoms with van der Waals surface area (Å²) in [6.45, 7) is 2.89. The van der Waals surface area contributed by atoms with Crippen molar-refractivity contribution in [2.75, 3.05) is 0 Å². The van der Waals surface area contributed by atoms with Gasteiger partial charge in [0.15, 0.2) is 0 Å². The fourth-order valence-electron chi connectivity index (χ4n) is 1.81. The summed E-state index contributed by atoms with van der Waals surface area (Å²) in [6, 6.07) is 14.3. The van der Waals surface area contributed by atoms with Crippen LogP contribution in [0, 0.1) is 0 Å². The van der Waals surface area contributed by atoms with Crippen LogP contribution >= 0.6 is 39.1 Å². The predicted molar refractivity (Wildman–Crippen MR) is 85.9 cm³/mol. The van der Waals surface area contributed by atoms with E-state index in [0.717, 1.165) is 16.6 Å². The quantitative estimate of drug-likeness (QED) is 0.749. The van der Waals surface area contributed by atoms with E-state index in [9.17, 15) is 0 Å². The fourth-order valence-corrected chi connectivity index (χ4v) is 2.55. The van der Waals surface area contributed by atoms with Crippen LogP contribution in [0.5, 0.6) is 0 Å². The van der Waals surface area contributed by atoms with Crippen molar-refractivity contribution in [3.05, 3.63) is 68.1 Å². The number of hydrogen-bond donors (Lipinski definition) is 1. The molecule has 2 rings (SSSR count). The highest BCUT2D eigenvalue weighted by molar-refractivity contribution is 9.10. The molecule has 0 bridgehead atoms. The van der Waals surface area contributed by atoms with Gasteiger partial charge >= 0.3 is 0 Å². The number of benzene rings is 2. The van der Waals surface area contributed by atoms with E-state index < -0.39 is 0 Å². The molecule has 100 valence electrons. The zero-order chi connectivity index (χ0) is 13.8. The fraction of sp³-hybridized carbons (Fsp3) is 0.200. The third-order valence-electron chi connectivity index (χ3n) is 2.95. The summed E-state index contributed by atoms with van der Waals surface area (Å²) >= 11 is 15.4. The molecule has 0 aliphatic heterocycles. The highest BCUT2D eigenvalue weighted by atomic mass is 79.9. The highest BCUT2D eigenvalue weighted by Crippen LogP contribution is 2.23. The van der Waals surface area contributed by atoms with Crippen LogP contribution in [0.1, 0.15) is 24.1 Å². The molecule has 1 nitrogen and oxygen atoms in total. The normalized spacial score (nSPS) is 12.4. The van der Waals surface area contributed by atoms with E-state index in [1.807, 2.05) is 30.3 Å². The summed E-state index contributed by atoms with van der Waals surface area (Å²) in [5.74, 6) is 0. The minimum atomic E-state index is 0.270. The Morgan fingerprint density at radius 2 is 1.89 bits per heavy atom. The Kier molecular flexibility index (Phi) is 5.28. The van der Waals surface area contributed by atoms with Gasteiger partial charge in [-0.05, 0) is 42.3 Å². The van der Waals surface area contributed by atoms with Crippen molar-refractivity contribution in [3.63, 3.8) is 0 Å². The van der Waals surface area contributed by atoms with Crippen LogP contribution in [0.25, 0.3) is 0 Å². The van der Waals surface area contributed by atoms with E-state index in [2.05, 4.69) is 40.3 Å². The summed E-state index contributed by atoms with van der Waals surface area (Å²) in [5.41, 5.74) is 2.37. The topological polar surface area (TPSA) is 12.0 Å². The number of nitrogens with one attached hydrogen (secondary N) is 1. The van der Waals surface area contributed by atoms with Gasteiger partial charge < -0.3 is 5.32 Å². The first-order chi connectivity index (χ1) is 9.06. The van der Waals surface area contributed by atoms with Crippen molar-refractivity contribution in [1.29, 1.82) is 0 Å². The number of halogens is 3.